The smallest absolute Gasteiger partial charge is 0.269 e. The number of aromatic nitrogens is 2. The maximum atomic E-state index is 11.8. The first kappa shape index (κ1) is 9.35. The number of rotatable bonds is 1. The Morgan fingerprint density at radius 1 is 1.50 bits per heavy atom. The van der Waals surface area contributed by atoms with Gasteiger partial charge in [0.1, 0.15) is 0 Å². The van der Waals surface area contributed by atoms with E-state index in [0.717, 1.165) is 11.5 Å². The van der Waals surface area contributed by atoms with E-state index in [1.807, 2.05) is 0 Å². The topological polar surface area (TPSA) is 81.3 Å². The van der Waals surface area contributed by atoms with Crippen LogP contribution in [0, 0.1) is 0 Å². The minimum atomic E-state index is -0.0965. The van der Waals surface area contributed by atoms with Crippen molar-refractivity contribution in [1.29, 1.82) is 0 Å². The van der Waals surface area contributed by atoms with E-state index in [9.17, 15) is 4.79 Å². The second-order valence-electron chi connectivity index (χ2n) is 2.89. The van der Waals surface area contributed by atoms with Crippen molar-refractivity contribution in [2.75, 3.05) is 32.0 Å². The molecule has 1 saturated heterocycles. The van der Waals surface area contributed by atoms with Crippen molar-refractivity contribution in [3.8, 4) is 0 Å². The summed E-state index contributed by atoms with van der Waals surface area (Å²) >= 11 is 1.03. The van der Waals surface area contributed by atoms with Gasteiger partial charge in [0.25, 0.3) is 5.91 Å². The zero-order chi connectivity index (χ0) is 9.97. The van der Waals surface area contributed by atoms with Gasteiger partial charge in [-0.05, 0) is 11.5 Å². The van der Waals surface area contributed by atoms with Crippen molar-refractivity contribution < 1.29 is 9.53 Å². The highest BCUT2D eigenvalue weighted by molar-refractivity contribution is 7.08. The summed E-state index contributed by atoms with van der Waals surface area (Å²) in [6.07, 6.45) is 0. The molecule has 7 heteroatoms. The lowest BCUT2D eigenvalue weighted by atomic mass is 10.3. The van der Waals surface area contributed by atoms with Gasteiger partial charge in [0.2, 0.25) is 0 Å². The summed E-state index contributed by atoms with van der Waals surface area (Å²) in [4.78, 5) is 13.9. The highest BCUT2D eigenvalue weighted by atomic mass is 32.1. The largest absolute Gasteiger partial charge is 0.381 e. The van der Waals surface area contributed by atoms with Crippen molar-refractivity contribution in [3.05, 3.63) is 4.88 Å². The Bertz CT molecular complexity index is 334. The number of hydrogen-bond acceptors (Lipinski definition) is 6. The van der Waals surface area contributed by atoms with Crippen molar-refractivity contribution in [3.63, 3.8) is 0 Å². The van der Waals surface area contributed by atoms with Crippen LogP contribution < -0.4 is 5.73 Å². The van der Waals surface area contributed by atoms with E-state index in [2.05, 4.69) is 9.59 Å². The molecule has 1 aromatic heterocycles. The summed E-state index contributed by atoms with van der Waals surface area (Å²) in [5.41, 5.74) is 5.51. The second-order valence-corrected chi connectivity index (χ2v) is 3.65. The zero-order valence-corrected chi connectivity index (χ0v) is 8.29. The predicted molar refractivity (Wildman–Crippen MR) is 51.0 cm³/mol. The van der Waals surface area contributed by atoms with Crippen LogP contribution in [0.1, 0.15) is 9.67 Å². The second kappa shape index (κ2) is 3.89. The monoisotopic (exact) mass is 214 g/mol. The van der Waals surface area contributed by atoms with E-state index >= 15 is 0 Å². The molecule has 0 spiro atoms. The Morgan fingerprint density at radius 3 is 2.79 bits per heavy atom. The van der Waals surface area contributed by atoms with E-state index < -0.39 is 0 Å². The van der Waals surface area contributed by atoms with Gasteiger partial charge in [-0.1, -0.05) is 4.49 Å². The van der Waals surface area contributed by atoms with E-state index in [-0.39, 0.29) is 11.7 Å². The lowest BCUT2D eigenvalue weighted by molar-refractivity contribution is 0.0306. The van der Waals surface area contributed by atoms with Gasteiger partial charge in [-0.15, -0.1) is 5.10 Å². The van der Waals surface area contributed by atoms with Gasteiger partial charge in [0.15, 0.2) is 10.7 Å². The van der Waals surface area contributed by atoms with Crippen LogP contribution >= 0.6 is 11.5 Å². The molecule has 14 heavy (non-hydrogen) atoms. The minimum Gasteiger partial charge on any atom is -0.381 e. The molecular formula is C7H10N4O2S. The van der Waals surface area contributed by atoms with E-state index in [0.29, 0.717) is 31.2 Å². The molecular weight excluding hydrogens is 204 g/mol. The Balaban J connectivity index is 2.11. The molecule has 0 radical (unpaired) electrons. The molecule has 1 aliphatic heterocycles. The first-order valence-corrected chi connectivity index (χ1v) is 5.01. The molecule has 0 bridgehead atoms. The SMILES string of the molecule is Nc1nnsc1C(=O)N1CCOCC1. The molecule has 0 aliphatic carbocycles. The number of hydrogen-bond donors (Lipinski definition) is 1. The van der Waals surface area contributed by atoms with Gasteiger partial charge in [-0.3, -0.25) is 4.79 Å². The molecule has 2 heterocycles. The molecule has 6 nitrogen and oxygen atoms in total. The van der Waals surface area contributed by atoms with Gasteiger partial charge in [-0.2, -0.15) is 0 Å². The lowest BCUT2D eigenvalue weighted by Gasteiger charge is -2.26. The fourth-order valence-corrected chi connectivity index (χ4v) is 1.81. The summed E-state index contributed by atoms with van der Waals surface area (Å²) in [5.74, 6) is 0.118. The Labute approximate surface area is 84.8 Å². The minimum absolute atomic E-state index is 0.0965. The number of amides is 1. The maximum absolute atomic E-state index is 11.8. The number of morpholine rings is 1. The van der Waals surface area contributed by atoms with Crippen LogP contribution in [0.2, 0.25) is 0 Å². The number of carbonyl (C=O) groups is 1. The fourth-order valence-electron chi connectivity index (χ4n) is 1.26. The molecule has 1 fully saturated rings. The van der Waals surface area contributed by atoms with E-state index in [1.165, 1.54) is 0 Å². The highest BCUT2D eigenvalue weighted by Crippen LogP contribution is 2.15. The van der Waals surface area contributed by atoms with Crippen LogP contribution in [0.5, 0.6) is 0 Å². The number of anilines is 1. The zero-order valence-electron chi connectivity index (χ0n) is 7.47. The molecule has 2 rings (SSSR count). The number of nitrogen functional groups attached to an aromatic ring is 1. The molecule has 0 aromatic carbocycles. The average molecular weight is 214 g/mol. The first-order valence-electron chi connectivity index (χ1n) is 4.24. The Morgan fingerprint density at radius 2 is 2.21 bits per heavy atom. The van der Waals surface area contributed by atoms with Crippen LogP contribution in [-0.4, -0.2) is 46.7 Å². The van der Waals surface area contributed by atoms with Crippen LogP contribution in [0.15, 0.2) is 0 Å². The summed E-state index contributed by atoms with van der Waals surface area (Å²) in [5, 5.41) is 3.60. The molecule has 2 N–H and O–H groups in total. The van der Waals surface area contributed by atoms with E-state index in [4.69, 9.17) is 10.5 Å². The highest BCUT2D eigenvalue weighted by Gasteiger charge is 2.22. The first-order chi connectivity index (χ1) is 6.79. The molecule has 1 amide bonds. The Kier molecular flexibility index (Phi) is 2.60. The third-order valence-electron chi connectivity index (χ3n) is 2.01. The molecule has 1 aliphatic rings. The molecule has 0 saturated carbocycles. The van der Waals surface area contributed by atoms with Crippen molar-refractivity contribution in [1.82, 2.24) is 14.5 Å². The summed E-state index contributed by atoms with van der Waals surface area (Å²) < 4.78 is 8.77. The van der Waals surface area contributed by atoms with Gasteiger partial charge in [-0.25, -0.2) is 0 Å². The molecule has 0 atom stereocenters. The number of carbonyl (C=O) groups excluding carboxylic acids is 1. The van der Waals surface area contributed by atoms with Gasteiger partial charge in [0, 0.05) is 13.1 Å². The van der Waals surface area contributed by atoms with Crippen LogP contribution in [0.4, 0.5) is 5.82 Å². The number of nitrogens with zero attached hydrogens (tertiary/aromatic N) is 3. The van der Waals surface area contributed by atoms with Crippen LogP contribution in [0.25, 0.3) is 0 Å². The third kappa shape index (κ3) is 1.68. The summed E-state index contributed by atoms with van der Waals surface area (Å²) in [7, 11) is 0. The number of ether oxygens (including phenoxy) is 1. The summed E-state index contributed by atoms with van der Waals surface area (Å²) in [6, 6.07) is 0. The number of nitrogens with two attached hydrogens (primary N) is 1. The predicted octanol–water partition coefficient (Wildman–Crippen LogP) is -0.407. The average Bonchev–Trinajstić information content (AvgIpc) is 2.65. The van der Waals surface area contributed by atoms with Crippen LogP contribution in [-0.2, 0) is 4.74 Å². The standard InChI is InChI=1S/C7H10N4O2S/c8-6-5(14-10-9-6)7(12)11-1-3-13-4-2-11/h1-4,8H2. The third-order valence-corrected chi connectivity index (χ3v) is 2.74. The quantitative estimate of drug-likeness (QED) is 0.687. The van der Waals surface area contributed by atoms with Gasteiger partial charge in [0.05, 0.1) is 13.2 Å². The van der Waals surface area contributed by atoms with Crippen LogP contribution in [0.3, 0.4) is 0 Å². The summed E-state index contributed by atoms with van der Waals surface area (Å²) in [6.45, 7) is 2.38. The maximum Gasteiger partial charge on any atom is 0.269 e. The van der Waals surface area contributed by atoms with E-state index in [1.54, 1.807) is 4.90 Å². The van der Waals surface area contributed by atoms with Crippen molar-refractivity contribution in [2.45, 2.75) is 0 Å². The van der Waals surface area contributed by atoms with Gasteiger partial charge < -0.3 is 15.4 Å². The normalized spacial score (nSPS) is 17.0. The fraction of sp³-hybridized carbons (Fsp3) is 0.571. The molecule has 0 unspecified atom stereocenters. The van der Waals surface area contributed by atoms with Crippen molar-refractivity contribution >= 4 is 23.3 Å². The molecule has 76 valence electrons. The lowest BCUT2D eigenvalue weighted by Crippen LogP contribution is -2.40. The Hall–Kier alpha value is -1.21. The van der Waals surface area contributed by atoms with Gasteiger partial charge >= 0.3 is 0 Å². The van der Waals surface area contributed by atoms with Crippen molar-refractivity contribution in [2.24, 2.45) is 0 Å². The molecule has 1 aromatic rings.